The molecule has 106 valence electrons. The molecule has 0 aromatic heterocycles. The fourth-order valence-corrected chi connectivity index (χ4v) is 3.04. The number of nitrogens with two attached hydrogens (primary N) is 1. The Labute approximate surface area is 116 Å². The topological polar surface area (TPSA) is 66.9 Å². The number of primary amides is 1. The fraction of sp³-hybridized carbons (Fsp3) is 0.750. The SMILES string of the molecule is CC(C)C(/C1=C/CCCCCCC1)C(C#N)C(N)=O. The summed E-state index contributed by atoms with van der Waals surface area (Å²) in [5.41, 5.74) is 6.68. The molecule has 2 atom stereocenters. The predicted octanol–water partition coefficient (Wildman–Crippen LogP) is 3.55. The Bertz CT molecular complexity index is 365. The van der Waals surface area contributed by atoms with E-state index >= 15 is 0 Å². The second-order valence-corrected chi connectivity index (χ2v) is 5.86. The zero-order valence-electron chi connectivity index (χ0n) is 12.2. The molecule has 0 aliphatic heterocycles. The predicted molar refractivity (Wildman–Crippen MR) is 77.0 cm³/mol. The second kappa shape index (κ2) is 7.99. The van der Waals surface area contributed by atoms with E-state index in [1.54, 1.807) is 0 Å². The van der Waals surface area contributed by atoms with Crippen molar-refractivity contribution in [2.24, 2.45) is 23.5 Å². The maximum Gasteiger partial charge on any atom is 0.235 e. The molecule has 1 rings (SSSR count). The summed E-state index contributed by atoms with van der Waals surface area (Å²) < 4.78 is 0. The van der Waals surface area contributed by atoms with Crippen LogP contribution in [0.25, 0.3) is 0 Å². The molecule has 0 spiro atoms. The Balaban J connectivity index is 2.95. The Morgan fingerprint density at radius 3 is 2.47 bits per heavy atom. The van der Waals surface area contributed by atoms with Gasteiger partial charge in [-0.15, -0.1) is 0 Å². The summed E-state index contributed by atoms with van der Waals surface area (Å²) in [6.45, 7) is 4.15. The minimum absolute atomic E-state index is 0.0133. The highest BCUT2D eigenvalue weighted by Gasteiger charge is 2.31. The van der Waals surface area contributed by atoms with E-state index in [0.717, 1.165) is 19.3 Å². The molecule has 0 saturated heterocycles. The Kier molecular flexibility index (Phi) is 6.62. The van der Waals surface area contributed by atoms with Crippen LogP contribution in [-0.4, -0.2) is 5.91 Å². The monoisotopic (exact) mass is 262 g/mol. The van der Waals surface area contributed by atoms with Crippen molar-refractivity contribution in [3.05, 3.63) is 11.6 Å². The van der Waals surface area contributed by atoms with Crippen molar-refractivity contribution in [2.75, 3.05) is 0 Å². The molecule has 0 aromatic carbocycles. The van der Waals surface area contributed by atoms with Crippen molar-refractivity contribution in [3.63, 3.8) is 0 Å². The lowest BCUT2D eigenvalue weighted by Gasteiger charge is -2.27. The third kappa shape index (κ3) is 4.70. The van der Waals surface area contributed by atoms with Gasteiger partial charge in [-0.25, -0.2) is 0 Å². The van der Waals surface area contributed by atoms with Crippen LogP contribution in [0.15, 0.2) is 11.6 Å². The minimum atomic E-state index is -0.688. The lowest BCUT2D eigenvalue weighted by molar-refractivity contribution is -0.121. The van der Waals surface area contributed by atoms with E-state index in [9.17, 15) is 10.1 Å². The average Bonchev–Trinajstić information content (AvgIpc) is 2.48. The molecule has 1 aliphatic carbocycles. The maximum absolute atomic E-state index is 11.5. The largest absolute Gasteiger partial charge is 0.369 e. The van der Waals surface area contributed by atoms with E-state index in [2.05, 4.69) is 26.0 Å². The highest BCUT2D eigenvalue weighted by atomic mass is 16.1. The van der Waals surface area contributed by atoms with Crippen LogP contribution >= 0.6 is 0 Å². The average molecular weight is 262 g/mol. The lowest BCUT2D eigenvalue weighted by Crippen LogP contribution is -2.33. The first kappa shape index (κ1) is 15.8. The fourth-order valence-electron chi connectivity index (χ4n) is 3.04. The standard InChI is InChI=1S/C16H26N2O/c1-12(2)15(14(11-17)16(18)19)13-9-7-5-3-4-6-8-10-13/h9,12,14-15H,3-8,10H2,1-2H3,(H2,18,19)/b13-9+. The first-order valence-electron chi connectivity index (χ1n) is 7.45. The quantitative estimate of drug-likeness (QED) is 0.787. The van der Waals surface area contributed by atoms with Crippen LogP contribution in [-0.2, 0) is 4.79 Å². The molecule has 3 nitrogen and oxygen atoms in total. The number of rotatable bonds is 4. The maximum atomic E-state index is 11.5. The first-order valence-corrected chi connectivity index (χ1v) is 7.45. The van der Waals surface area contributed by atoms with Gasteiger partial charge in [-0.3, -0.25) is 4.79 Å². The molecule has 0 bridgehead atoms. The third-order valence-corrected chi connectivity index (χ3v) is 4.03. The second-order valence-electron chi connectivity index (χ2n) is 5.86. The summed E-state index contributed by atoms with van der Waals surface area (Å²) in [5.74, 6) is -0.918. The summed E-state index contributed by atoms with van der Waals surface area (Å²) in [7, 11) is 0. The minimum Gasteiger partial charge on any atom is -0.369 e. The number of nitrogens with zero attached hydrogens (tertiary/aromatic N) is 1. The van der Waals surface area contributed by atoms with Crippen LogP contribution in [0.2, 0.25) is 0 Å². The molecular formula is C16H26N2O. The summed E-state index contributed by atoms with van der Waals surface area (Å²) in [6.07, 6.45) is 10.5. The molecule has 0 fully saturated rings. The number of hydrogen-bond donors (Lipinski definition) is 1. The molecule has 19 heavy (non-hydrogen) atoms. The van der Waals surface area contributed by atoms with Crippen molar-refractivity contribution in [2.45, 2.75) is 58.8 Å². The van der Waals surface area contributed by atoms with Gasteiger partial charge in [0.15, 0.2) is 0 Å². The van der Waals surface area contributed by atoms with Crippen molar-refractivity contribution >= 4 is 5.91 Å². The van der Waals surface area contributed by atoms with Crippen LogP contribution in [0.5, 0.6) is 0 Å². The molecule has 2 unspecified atom stereocenters. The third-order valence-electron chi connectivity index (χ3n) is 4.03. The zero-order valence-corrected chi connectivity index (χ0v) is 12.2. The first-order chi connectivity index (χ1) is 9.07. The van der Waals surface area contributed by atoms with E-state index in [1.165, 1.54) is 31.3 Å². The number of hydrogen-bond acceptors (Lipinski definition) is 2. The van der Waals surface area contributed by atoms with E-state index in [1.807, 2.05) is 0 Å². The van der Waals surface area contributed by atoms with Gasteiger partial charge in [-0.2, -0.15) is 5.26 Å². The number of nitriles is 1. The van der Waals surface area contributed by atoms with Gasteiger partial charge in [0.05, 0.1) is 6.07 Å². The van der Waals surface area contributed by atoms with Gasteiger partial charge in [0.1, 0.15) is 5.92 Å². The summed E-state index contributed by atoms with van der Waals surface area (Å²) >= 11 is 0. The molecule has 0 aromatic rings. The highest BCUT2D eigenvalue weighted by Crippen LogP contribution is 2.33. The normalized spacial score (nSPS) is 23.2. The van der Waals surface area contributed by atoms with Crippen LogP contribution in [0.3, 0.4) is 0 Å². The van der Waals surface area contributed by atoms with Crippen LogP contribution in [0.1, 0.15) is 58.8 Å². The van der Waals surface area contributed by atoms with E-state index in [4.69, 9.17) is 5.73 Å². The van der Waals surface area contributed by atoms with E-state index in [0.29, 0.717) is 0 Å². The summed E-state index contributed by atoms with van der Waals surface area (Å²) in [4.78, 5) is 11.5. The Morgan fingerprint density at radius 2 is 1.89 bits per heavy atom. The molecule has 2 N–H and O–H groups in total. The lowest BCUT2D eigenvalue weighted by atomic mass is 9.76. The van der Waals surface area contributed by atoms with Gasteiger partial charge < -0.3 is 5.73 Å². The molecule has 1 aliphatic rings. The number of allylic oxidation sites excluding steroid dienone is 2. The zero-order chi connectivity index (χ0) is 14.3. The van der Waals surface area contributed by atoms with Crippen LogP contribution < -0.4 is 5.73 Å². The molecule has 3 heteroatoms. The van der Waals surface area contributed by atoms with Gasteiger partial charge in [-0.1, -0.05) is 44.8 Å². The Morgan fingerprint density at radius 1 is 1.26 bits per heavy atom. The Hall–Kier alpha value is -1.30. The molecule has 0 radical (unpaired) electrons. The smallest absolute Gasteiger partial charge is 0.235 e. The van der Waals surface area contributed by atoms with Crippen molar-refractivity contribution in [3.8, 4) is 6.07 Å². The molecule has 1 amide bonds. The van der Waals surface area contributed by atoms with Crippen LogP contribution in [0.4, 0.5) is 0 Å². The number of carbonyl (C=O) groups is 1. The molecule has 0 saturated carbocycles. The van der Waals surface area contributed by atoms with Crippen molar-refractivity contribution in [1.82, 2.24) is 0 Å². The van der Waals surface area contributed by atoms with E-state index < -0.39 is 11.8 Å². The summed E-state index contributed by atoms with van der Waals surface area (Å²) in [5, 5.41) is 9.25. The van der Waals surface area contributed by atoms with Gasteiger partial charge in [0, 0.05) is 5.92 Å². The van der Waals surface area contributed by atoms with Crippen LogP contribution in [0, 0.1) is 29.1 Å². The van der Waals surface area contributed by atoms with Gasteiger partial charge in [-0.05, 0) is 31.6 Å². The van der Waals surface area contributed by atoms with Gasteiger partial charge >= 0.3 is 0 Å². The highest BCUT2D eigenvalue weighted by molar-refractivity contribution is 5.80. The van der Waals surface area contributed by atoms with Crippen molar-refractivity contribution in [1.29, 1.82) is 5.26 Å². The van der Waals surface area contributed by atoms with E-state index in [-0.39, 0.29) is 11.8 Å². The van der Waals surface area contributed by atoms with Gasteiger partial charge in [0.25, 0.3) is 0 Å². The molecular weight excluding hydrogens is 236 g/mol. The van der Waals surface area contributed by atoms with Crippen molar-refractivity contribution < 1.29 is 4.79 Å². The number of amides is 1. The molecule has 0 heterocycles. The van der Waals surface area contributed by atoms with Gasteiger partial charge in [0.2, 0.25) is 5.91 Å². The number of carbonyl (C=O) groups excluding carboxylic acids is 1. The summed E-state index contributed by atoms with van der Waals surface area (Å²) in [6, 6.07) is 2.12.